The van der Waals surface area contributed by atoms with Crippen molar-refractivity contribution in [2.24, 2.45) is 0 Å². The van der Waals surface area contributed by atoms with Gasteiger partial charge in [-0.2, -0.15) is 5.10 Å². The number of nitrogens with one attached hydrogen (secondary N) is 1. The second-order valence-electron chi connectivity index (χ2n) is 9.03. The summed E-state index contributed by atoms with van der Waals surface area (Å²) in [6.45, 7) is 4.75. The van der Waals surface area contributed by atoms with Crippen molar-refractivity contribution in [3.05, 3.63) is 66.0 Å². The minimum atomic E-state index is 0.0676. The molecule has 0 unspecified atom stereocenters. The molecule has 0 aliphatic carbocycles. The highest BCUT2D eigenvalue weighted by atomic mass is 16.5. The summed E-state index contributed by atoms with van der Waals surface area (Å²) in [4.78, 5) is 18.0. The van der Waals surface area contributed by atoms with Crippen LogP contribution in [0.3, 0.4) is 0 Å². The first-order chi connectivity index (χ1) is 17.2. The Kier molecular flexibility index (Phi) is 6.90. The van der Waals surface area contributed by atoms with E-state index in [0.29, 0.717) is 13.1 Å². The number of anilines is 1. The standard InChI is InChI=1S/C27H33N5O3/c1-34-22-9-7-21(8-10-22)32-26(20-11-13-28-14-12-20)23(19-29-32)27(33)31-17-15-30(16-18-31)24-5-3-4-6-25(24)35-2/h3-10,19-20,28H,11-18H2,1-2H3. The summed E-state index contributed by atoms with van der Waals surface area (Å²) in [5, 5.41) is 8.13. The molecule has 35 heavy (non-hydrogen) atoms. The molecule has 184 valence electrons. The summed E-state index contributed by atoms with van der Waals surface area (Å²) in [5.41, 5.74) is 3.76. The van der Waals surface area contributed by atoms with Gasteiger partial charge in [-0.05, 0) is 62.3 Å². The molecule has 2 aliphatic heterocycles. The maximum atomic E-state index is 13.8. The predicted octanol–water partition coefficient (Wildman–Crippen LogP) is 3.32. The predicted molar refractivity (Wildman–Crippen MR) is 136 cm³/mol. The molecular formula is C27H33N5O3. The highest BCUT2D eigenvalue weighted by molar-refractivity contribution is 5.95. The number of hydrogen-bond acceptors (Lipinski definition) is 6. The van der Waals surface area contributed by atoms with E-state index in [0.717, 1.165) is 73.2 Å². The van der Waals surface area contributed by atoms with Crippen molar-refractivity contribution >= 4 is 11.6 Å². The van der Waals surface area contributed by atoms with E-state index in [1.54, 1.807) is 20.4 Å². The van der Waals surface area contributed by atoms with Gasteiger partial charge < -0.3 is 24.6 Å². The van der Waals surface area contributed by atoms with E-state index in [1.807, 2.05) is 52.0 Å². The molecule has 0 atom stereocenters. The number of piperazine rings is 1. The first-order valence-corrected chi connectivity index (χ1v) is 12.3. The van der Waals surface area contributed by atoms with Gasteiger partial charge in [0.05, 0.1) is 43.0 Å². The Morgan fingerprint density at radius 3 is 2.34 bits per heavy atom. The van der Waals surface area contributed by atoms with Gasteiger partial charge in [-0.25, -0.2) is 4.68 Å². The first kappa shape index (κ1) is 23.2. The number of rotatable bonds is 6. The summed E-state index contributed by atoms with van der Waals surface area (Å²) in [6.07, 6.45) is 3.74. The third-order valence-corrected chi connectivity index (χ3v) is 7.07. The summed E-state index contributed by atoms with van der Waals surface area (Å²) >= 11 is 0. The number of aromatic nitrogens is 2. The van der Waals surface area contributed by atoms with E-state index < -0.39 is 0 Å². The Labute approximate surface area is 206 Å². The molecule has 0 radical (unpaired) electrons. The fourth-order valence-electron chi connectivity index (χ4n) is 5.15. The number of nitrogens with zero attached hydrogens (tertiary/aromatic N) is 4. The van der Waals surface area contributed by atoms with Gasteiger partial charge in [0.2, 0.25) is 0 Å². The number of para-hydroxylation sites is 2. The molecule has 2 aromatic carbocycles. The van der Waals surface area contributed by atoms with Crippen LogP contribution in [0.15, 0.2) is 54.7 Å². The van der Waals surface area contributed by atoms with Crippen LogP contribution in [-0.2, 0) is 0 Å². The average Bonchev–Trinajstić information content (AvgIpc) is 3.38. The fraction of sp³-hybridized carbons (Fsp3) is 0.407. The zero-order chi connectivity index (χ0) is 24.2. The molecule has 2 aliphatic rings. The lowest BCUT2D eigenvalue weighted by Crippen LogP contribution is -2.49. The number of piperidine rings is 1. The molecule has 1 N–H and O–H groups in total. The summed E-state index contributed by atoms with van der Waals surface area (Å²) < 4.78 is 12.8. The molecule has 0 saturated carbocycles. The third-order valence-electron chi connectivity index (χ3n) is 7.07. The fourth-order valence-corrected chi connectivity index (χ4v) is 5.15. The molecule has 2 saturated heterocycles. The highest BCUT2D eigenvalue weighted by Gasteiger charge is 2.31. The molecule has 8 heteroatoms. The summed E-state index contributed by atoms with van der Waals surface area (Å²) in [6, 6.07) is 15.9. The third kappa shape index (κ3) is 4.71. The quantitative estimate of drug-likeness (QED) is 0.590. The zero-order valence-electron chi connectivity index (χ0n) is 20.4. The molecule has 1 amide bonds. The Hall–Kier alpha value is -3.52. The highest BCUT2D eigenvalue weighted by Crippen LogP contribution is 2.32. The second kappa shape index (κ2) is 10.4. The molecule has 2 fully saturated rings. The normalized spacial score (nSPS) is 16.9. The van der Waals surface area contributed by atoms with E-state index in [-0.39, 0.29) is 11.8 Å². The van der Waals surface area contributed by atoms with Crippen LogP contribution >= 0.6 is 0 Å². The van der Waals surface area contributed by atoms with Gasteiger partial charge in [0.1, 0.15) is 11.5 Å². The van der Waals surface area contributed by atoms with Gasteiger partial charge in [-0.1, -0.05) is 12.1 Å². The van der Waals surface area contributed by atoms with Crippen LogP contribution < -0.4 is 19.7 Å². The molecule has 3 heterocycles. The van der Waals surface area contributed by atoms with Gasteiger partial charge in [0.15, 0.2) is 0 Å². The lowest BCUT2D eigenvalue weighted by Gasteiger charge is -2.37. The molecule has 0 spiro atoms. The first-order valence-electron chi connectivity index (χ1n) is 12.3. The number of carbonyl (C=O) groups is 1. The Morgan fingerprint density at radius 2 is 1.66 bits per heavy atom. The van der Waals surface area contributed by atoms with E-state index in [2.05, 4.69) is 16.3 Å². The number of ether oxygens (including phenoxy) is 2. The Morgan fingerprint density at radius 1 is 0.943 bits per heavy atom. The smallest absolute Gasteiger partial charge is 0.257 e. The van der Waals surface area contributed by atoms with Crippen LogP contribution in [0.4, 0.5) is 5.69 Å². The van der Waals surface area contributed by atoms with Crippen LogP contribution in [0.2, 0.25) is 0 Å². The van der Waals surface area contributed by atoms with Crippen LogP contribution in [0.5, 0.6) is 11.5 Å². The molecular weight excluding hydrogens is 442 g/mol. The molecule has 5 rings (SSSR count). The molecule has 3 aromatic rings. The summed E-state index contributed by atoms with van der Waals surface area (Å²) in [7, 11) is 3.36. The van der Waals surface area contributed by atoms with Gasteiger partial charge in [0, 0.05) is 32.1 Å². The van der Waals surface area contributed by atoms with Gasteiger partial charge >= 0.3 is 0 Å². The molecule has 8 nitrogen and oxygen atoms in total. The lowest BCUT2D eigenvalue weighted by atomic mass is 9.91. The molecule has 0 bridgehead atoms. The number of benzene rings is 2. The van der Waals surface area contributed by atoms with Crippen molar-refractivity contribution in [2.75, 3.05) is 58.4 Å². The van der Waals surface area contributed by atoms with Crippen molar-refractivity contribution < 1.29 is 14.3 Å². The largest absolute Gasteiger partial charge is 0.497 e. The maximum absolute atomic E-state index is 13.8. The number of methoxy groups -OCH3 is 2. The van der Waals surface area contributed by atoms with Gasteiger partial charge in [-0.3, -0.25) is 4.79 Å². The van der Waals surface area contributed by atoms with Crippen molar-refractivity contribution in [3.8, 4) is 17.2 Å². The van der Waals surface area contributed by atoms with Crippen molar-refractivity contribution in [1.82, 2.24) is 20.0 Å². The lowest BCUT2D eigenvalue weighted by molar-refractivity contribution is 0.0744. The van der Waals surface area contributed by atoms with E-state index in [9.17, 15) is 4.79 Å². The molecule has 1 aromatic heterocycles. The van der Waals surface area contributed by atoms with Gasteiger partial charge in [-0.15, -0.1) is 0 Å². The van der Waals surface area contributed by atoms with Crippen LogP contribution in [-0.4, -0.2) is 74.1 Å². The van der Waals surface area contributed by atoms with Crippen molar-refractivity contribution in [2.45, 2.75) is 18.8 Å². The zero-order valence-corrected chi connectivity index (χ0v) is 20.4. The minimum absolute atomic E-state index is 0.0676. The monoisotopic (exact) mass is 475 g/mol. The Bertz CT molecular complexity index is 1150. The topological polar surface area (TPSA) is 71.9 Å². The summed E-state index contributed by atoms with van der Waals surface area (Å²) in [5.74, 6) is 2.02. The van der Waals surface area contributed by atoms with Gasteiger partial charge in [0.25, 0.3) is 5.91 Å². The van der Waals surface area contributed by atoms with E-state index in [4.69, 9.17) is 14.6 Å². The van der Waals surface area contributed by atoms with Crippen molar-refractivity contribution in [3.63, 3.8) is 0 Å². The van der Waals surface area contributed by atoms with Crippen molar-refractivity contribution in [1.29, 1.82) is 0 Å². The Balaban J connectivity index is 1.39. The number of hydrogen-bond donors (Lipinski definition) is 1. The van der Waals surface area contributed by atoms with Crippen LogP contribution in [0.25, 0.3) is 5.69 Å². The van der Waals surface area contributed by atoms with Crippen LogP contribution in [0, 0.1) is 0 Å². The van der Waals surface area contributed by atoms with Crippen LogP contribution in [0.1, 0.15) is 34.8 Å². The van der Waals surface area contributed by atoms with E-state index in [1.165, 1.54) is 0 Å². The SMILES string of the molecule is COc1ccc(-n2ncc(C(=O)N3CCN(c4ccccc4OC)CC3)c2C2CCNCC2)cc1. The minimum Gasteiger partial charge on any atom is -0.497 e. The maximum Gasteiger partial charge on any atom is 0.257 e. The number of amides is 1. The second-order valence-corrected chi connectivity index (χ2v) is 9.03. The van der Waals surface area contributed by atoms with E-state index >= 15 is 0 Å². The number of carbonyl (C=O) groups excluding carboxylic acids is 1. The average molecular weight is 476 g/mol.